The van der Waals surface area contributed by atoms with Crippen molar-refractivity contribution in [3.05, 3.63) is 95.1 Å². The molecule has 0 heterocycles. The minimum atomic E-state index is -1.59. The zero-order chi connectivity index (χ0) is 24.0. The van der Waals surface area contributed by atoms with E-state index in [4.69, 9.17) is 32.4 Å². The fraction of sp³-hybridized carbons (Fsp3) is 0.167. The van der Waals surface area contributed by atoms with Crippen LogP contribution < -0.4 is 10.5 Å². The molecule has 0 fully saturated rings. The second-order valence-electron chi connectivity index (χ2n) is 7.02. The lowest BCUT2D eigenvalue weighted by molar-refractivity contribution is -0.139. The van der Waals surface area contributed by atoms with E-state index in [0.29, 0.717) is 16.9 Å². The molecule has 6 nitrogen and oxygen atoms in total. The zero-order valence-corrected chi connectivity index (χ0v) is 18.5. The highest BCUT2D eigenvalue weighted by molar-refractivity contribution is 6.21. The van der Waals surface area contributed by atoms with Crippen LogP contribution >= 0.6 is 11.8 Å². The number of carbonyl (C=O) groups excluding carboxylic acids is 1. The van der Waals surface area contributed by atoms with Crippen LogP contribution in [0.3, 0.4) is 0 Å². The van der Waals surface area contributed by atoms with Gasteiger partial charge in [-0.3, -0.25) is 10.2 Å². The lowest BCUT2D eigenvalue weighted by Gasteiger charge is -2.23. The number of benzene rings is 3. The maximum Gasteiger partial charge on any atom is 0.271 e. The maximum absolute atomic E-state index is 14.9. The molecule has 1 unspecified atom stereocenters. The number of amidine groups is 1. The zero-order valence-electron chi connectivity index (χ0n) is 17.7. The number of carbonyl (C=O) groups is 1. The average Bonchev–Trinajstić information content (AvgIpc) is 2.78. The lowest BCUT2D eigenvalue weighted by atomic mass is 10.1. The minimum absolute atomic E-state index is 0.0234. The molecule has 0 saturated heterocycles. The number of hydrogen-bond donors (Lipinski definition) is 2. The molecule has 33 heavy (non-hydrogen) atoms. The summed E-state index contributed by atoms with van der Waals surface area (Å²) in [7, 11) is 0. The van der Waals surface area contributed by atoms with Crippen LogP contribution in [0.1, 0.15) is 29.7 Å². The van der Waals surface area contributed by atoms with Gasteiger partial charge in [-0.1, -0.05) is 42.5 Å². The predicted octanol–water partition coefficient (Wildman–Crippen LogP) is 5.30. The van der Waals surface area contributed by atoms with Crippen molar-refractivity contribution in [2.75, 3.05) is 6.61 Å². The molecule has 3 aromatic rings. The Morgan fingerprint density at radius 2 is 1.67 bits per heavy atom. The molecule has 0 radical (unpaired) electrons. The Bertz CT molecular complexity index is 1100. The molecule has 3 rings (SSSR count). The third-order valence-corrected chi connectivity index (χ3v) is 4.96. The van der Waals surface area contributed by atoms with Crippen LogP contribution in [0.5, 0.6) is 11.5 Å². The van der Waals surface area contributed by atoms with Gasteiger partial charge in [0.1, 0.15) is 29.0 Å². The Morgan fingerprint density at radius 1 is 1.06 bits per heavy atom. The van der Waals surface area contributed by atoms with Crippen molar-refractivity contribution in [3.8, 4) is 11.5 Å². The molecule has 3 N–H and O–H groups in total. The van der Waals surface area contributed by atoms with Crippen molar-refractivity contribution >= 4 is 23.5 Å². The van der Waals surface area contributed by atoms with Gasteiger partial charge >= 0.3 is 0 Å². The van der Waals surface area contributed by atoms with Crippen molar-refractivity contribution in [1.82, 2.24) is 4.42 Å². The summed E-state index contributed by atoms with van der Waals surface area (Å²) in [6.45, 7) is 1.57. The molecule has 0 spiro atoms. The summed E-state index contributed by atoms with van der Waals surface area (Å²) in [6.07, 6.45) is -1.59. The van der Waals surface area contributed by atoms with Gasteiger partial charge in [-0.2, -0.15) is 0 Å². The Labute approximate surface area is 195 Å². The number of nitrogen functional groups attached to an aromatic ring is 1. The van der Waals surface area contributed by atoms with Crippen molar-refractivity contribution in [1.29, 1.82) is 5.41 Å². The Morgan fingerprint density at radius 3 is 2.21 bits per heavy atom. The predicted molar refractivity (Wildman–Crippen MR) is 121 cm³/mol. The first-order chi connectivity index (χ1) is 15.8. The van der Waals surface area contributed by atoms with E-state index < -0.39 is 29.2 Å². The van der Waals surface area contributed by atoms with E-state index >= 15 is 0 Å². The SMILES string of the molecule is CCOC(C(=O)N(Cl)Cc1ccc(C(=N)N)cc1)c1c(F)cc(Oc2ccccc2)cc1F. The molecule has 3 aromatic carbocycles. The van der Waals surface area contributed by atoms with Crippen LogP contribution in [-0.4, -0.2) is 22.8 Å². The summed E-state index contributed by atoms with van der Waals surface area (Å²) in [6, 6.07) is 17.0. The van der Waals surface area contributed by atoms with Crippen molar-refractivity contribution < 1.29 is 23.0 Å². The van der Waals surface area contributed by atoms with Gasteiger partial charge in [0.25, 0.3) is 5.91 Å². The minimum Gasteiger partial charge on any atom is -0.457 e. The van der Waals surface area contributed by atoms with Crippen LogP contribution in [0.2, 0.25) is 0 Å². The highest BCUT2D eigenvalue weighted by Crippen LogP contribution is 2.32. The molecule has 0 saturated carbocycles. The van der Waals surface area contributed by atoms with Crippen molar-refractivity contribution in [3.63, 3.8) is 0 Å². The van der Waals surface area contributed by atoms with Gasteiger partial charge in [0.15, 0.2) is 6.10 Å². The smallest absolute Gasteiger partial charge is 0.271 e. The highest BCUT2D eigenvalue weighted by Gasteiger charge is 2.32. The molecule has 0 aliphatic heterocycles. The van der Waals surface area contributed by atoms with Crippen LogP contribution in [0, 0.1) is 17.0 Å². The summed E-state index contributed by atoms with van der Waals surface area (Å²) < 4.78 is 41.5. The topological polar surface area (TPSA) is 88.6 Å². The summed E-state index contributed by atoms with van der Waals surface area (Å²) >= 11 is 6.16. The van der Waals surface area contributed by atoms with E-state index in [2.05, 4.69) is 0 Å². The first-order valence-corrected chi connectivity index (χ1v) is 10.4. The van der Waals surface area contributed by atoms with Crippen molar-refractivity contribution in [2.24, 2.45) is 5.73 Å². The highest BCUT2D eigenvalue weighted by atomic mass is 35.5. The van der Waals surface area contributed by atoms with E-state index in [0.717, 1.165) is 16.6 Å². The number of halogens is 3. The first kappa shape index (κ1) is 24.2. The average molecular weight is 474 g/mol. The summed E-state index contributed by atoms with van der Waals surface area (Å²) in [4.78, 5) is 12.9. The normalized spacial score (nSPS) is 11.6. The quantitative estimate of drug-likeness (QED) is 0.251. The number of nitrogens with zero attached hydrogens (tertiary/aromatic N) is 1. The molecular formula is C24H22ClF2N3O3. The monoisotopic (exact) mass is 473 g/mol. The number of amides is 1. The van der Waals surface area contributed by atoms with Gasteiger partial charge in [0.05, 0.1) is 12.1 Å². The summed E-state index contributed by atoms with van der Waals surface area (Å²) in [5, 5.41) is 7.42. The van der Waals surface area contributed by atoms with Gasteiger partial charge in [-0.05, 0) is 24.6 Å². The van der Waals surface area contributed by atoms with Crippen LogP contribution in [0.25, 0.3) is 0 Å². The molecule has 0 aliphatic rings. The first-order valence-electron chi connectivity index (χ1n) is 10.0. The summed E-state index contributed by atoms with van der Waals surface area (Å²) in [5.41, 5.74) is 6.02. The Kier molecular flexibility index (Phi) is 7.97. The maximum atomic E-state index is 14.9. The van der Waals surface area contributed by atoms with Gasteiger partial charge in [-0.25, -0.2) is 13.2 Å². The molecule has 0 aromatic heterocycles. The van der Waals surface area contributed by atoms with E-state index in [9.17, 15) is 13.6 Å². The molecule has 172 valence electrons. The molecule has 1 atom stereocenters. The largest absolute Gasteiger partial charge is 0.457 e. The standard InChI is InChI=1S/C24H22ClF2N3O3/c1-2-32-22(24(31)30(25)14-15-8-10-16(11-9-15)23(28)29)21-19(26)12-18(13-20(21)27)33-17-6-4-3-5-7-17/h3-13,22H,2,14H2,1H3,(H3,28,29). The van der Waals surface area contributed by atoms with E-state index in [1.807, 2.05) is 0 Å². The third kappa shape index (κ3) is 6.06. The Balaban J connectivity index is 1.81. The van der Waals surface area contributed by atoms with Gasteiger partial charge < -0.3 is 15.2 Å². The third-order valence-electron chi connectivity index (χ3n) is 4.68. The van der Waals surface area contributed by atoms with Crippen LogP contribution in [0.4, 0.5) is 8.78 Å². The second kappa shape index (κ2) is 10.9. The molecular weight excluding hydrogens is 452 g/mol. The van der Waals surface area contributed by atoms with Gasteiger partial charge in [-0.15, -0.1) is 0 Å². The van der Waals surface area contributed by atoms with Crippen LogP contribution in [-0.2, 0) is 16.1 Å². The number of nitrogens with one attached hydrogen (secondary N) is 1. The van der Waals surface area contributed by atoms with Crippen molar-refractivity contribution in [2.45, 2.75) is 19.6 Å². The Hall–Kier alpha value is -3.49. The number of nitrogens with two attached hydrogens (primary N) is 1. The van der Waals surface area contributed by atoms with E-state index in [1.54, 1.807) is 61.5 Å². The summed E-state index contributed by atoms with van der Waals surface area (Å²) in [5.74, 6) is -2.57. The molecule has 9 heteroatoms. The van der Waals surface area contributed by atoms with Gasteiger partial charge in [0, 0.05) is 36.1 Å². The number of para-hydroxylation sites is 1. The number of ether oxygens (including phenoxy) is 2. The molecule has 0 aliphatic carbocycles. The second-order valence-corrected chi connectivity index (χ2v) is 7.43. The fourth-order valence-corrected chi connectivity index (χ4v) is 3.32. The molecule has 0 bridgehead atoms. The number of rotatable bonds is 9. The number of hydrogen-bond acceptors (Lipinski definition) is 4. The van der Waals surface area contributed by atoms with E-state index in [-0.39, 0.29) is 24.7 Å². The lowest BCUT2D eigenvalue weighted by Crippen LogP contribution is -2.30. The van der Waals surface area contributed by atoms with E-state index in [1.165, 1.54) is 0 Å². The molecule has 1 amide bonds. The fourth-order valence-electron chi connectivity index (χ4n) is 3.09. The van der Waals surface area contributed by atoms with Gasteiger partial charge in [0.2, 0.25) is 0 Å². The van der Waals surface area contributed by atoms with Crippen LogP contribution in [0.15, 0.2) is 66.7 Å².